The van der Waals surface area contributed by atoms with Crippen molar-refractivity contribution in [3.05, 3.63) is 47.7 Å². The summed E-state index contributed by atoms with van der Waals surface area (Å²) in [7, 11) is -3.40. The van der Waals surface area contributed by atoms with Gasteiger partial charge in [0.2, 0.25) is 14.9 Å². The van der Waals surface area contributed by atoms with Crippen molar-refractivity contribution in [1.29, 1.82) is 0 Å². The molecule has 0 spiro atoms. The minimum absolute atomic E-state index is 0.0172. The van der Waals surface area contributed by atoms with Crippen LogP contribution in [-0.4, -0.2) is 25.7 Å². The predicted molar refractivity (Wildman–Crippen MR) is 69.6 cm³/mol. The molecule has 0 aliphatic heterocycles. The maximum absolute atomic E-state index is 11.3. The number of hydrogen-bond acceptors (Lipinski definition) is 5. The van der Waals surface area contributed by atoms with Crippen molar-refractivity contribution in [1.82, 2.24) is 0 Å². The molecule has 106 valence electrons. The molecule has 0 aliphatic rings. The smallest absolute Gasteiger partial charge is 0.339 e. The highest BCUT2D eigenvalue weighted by molar-refractivity contribution is 7.90. The van der Waals surface area contributed by atoms with Crippen LogP contribution in [0.5, 0.6) is 5.75 Å². The zero-order chi connectivity index (χ0) is 14.8. The van der Waals surface area contributed by atoms with Gasteiger partial charge in [0, 0.05) is 17.9 Å². The molecule has 0 saturated heterocycles. The highest BCUT2D eigenvalue weighted by Gasteiger charge is 2.14. The van der Waals surface area contributed by atoms with Gasteiger partial charge in [-0.2, -0.15) is 0 Å². The van der Waals surface area contributed by atoms with Gasteiger partial charge in [0.05, 0.1) is 6.26 Å². The van der Waals surface area contributed by atoms with Gasteiger partial charge in [-0.25, -0.2) is 13.2 Å². The molecule has 20 heavy (non-hydrogen) atoms. The third-order valence-electron chi connectivity index (χ3n) is 2.51. The SMILES string of the molecule is CS(=O)(=O)c1cc(COc2ccccc2C(=O)O)co1. The third kappa shape index (κ3) is 3.18. The number of carbonyl (C=O) groups is 1. The average Bonchev–Trinajstić information content (AvgIpc) is 2.85. The largest absolute Gasteiger partial charge is 0.488 e. The van der Waals surface area contributed by atoms with Crippen molar-refractivity contribution in [2.75, 3.05) is 6.26 Å². The zero-order valence-electron chi connectivity index (χ0n) is 10.6. The van der Waals surface area contributed by atoms with Crippen molar-refractivity contribution in [3.63, 3.8) is 0 Å². The normalized spacial score (nSPS) is 11.2. The molecule has 0 fully saturated rings. The predicted octanol–water partition coefficient (Wildman–Crippen LogP) is 1.96. The van der Waals surface area contributed by atoms with Crippen LogP contribution in [0.3, 0.4) is 0 Å². The number of para-hydroxylation sites is 1. The maximum Gasteiger partial charge on any atom is 0.339 e. The van der Waals surface area contributed by atoms with Crippen LogP contribution < -0.4 is 4.74 Å². The third-order valence-corrected chi connectivity index (χ3v) is 3.45. The first-order valence-corrected chi connectivity index (χ1v) is 7.49. The van der Waals surface area contributed by atoms with E-state index in [4.69, 9.17) is 14.3 Å². The van der Waals surface area contributed by atoms with E-state index >= 15 is 0 Å². The minimum atomic E-state index is -3.40. The molecule has 0 unspecified atom stereocenters. The Morgan fingerprint density at radius 2 is 2.05 bits per heavy atom. The number of furan rings is 1. The van der Waals surface area contributed by atoms with Crippen LogP contribution >= 0.6 is 0 Å². The fraction of sp³-hybridized carbons (Fsp3) is 0.154. The molecule has 1 N–H and O–H groups in total. The lowest BCUT2D eigenvalue weighted by atomic mass is 10.2. The molecule has 0 atom stereocenters. The van der Waals surface area contributed by atoms with Crippen LogP contribution in [0.15, 0.2) is 46.1 Å². The lowest BCUT2D eigenvalue weighted by Crippen LogP contribution is -2.02. The van der Waals surface area contributed by atoms with E-state index < -0.39 is 15.8 Å². The minimum Gasteiger partial charge on any atom is -0.488 e. The Kier molecular flexibility index (Phi) is 3.80. The van der Waals surface area contributed by atoms with Gasteiger partial charge in [-0.15, -0.1) is 0 Å². The first kappa shape index (κ1) is 14.1. The van der Waals surface area contributed by atoms with E-state index in [1.165, 1.54) is 24.5 Å². The molecule has 6 nitrogen and oxygen atoms in total. The summed E-state index contributed by atoms with van der Waals surface area (Å²) in [4.78, 5) is 11.0. The van der Waals surface area contributed by atoms with Crippen molar-refractivity contribution < 1.29 is 27.5 Å². The van der Waals surface area contributed by atoms with Gasteiger partial charge < -0.3 is 14.3 Å². The Morgan fingerprint density at radius 3 is 2.65 bits per heavy atom. The molecule has 0 radical (unpaired) electrons. The van der Waals surface area contributed by atoms with Crippen LogP contribution in [0.4, 0.5) is 0 Å². The van der Waals surface area contributed by atoms with Crippen molar-refractivity contribution in [2.24, 2.45) is 0 Å². The Bertz CT molecular complexity index is 729. The number of benzene rings is 1. The number of rotatable bonds is 5. The number of hydrogen-bond donors (Lipinski definition) is 1. The Balaban J connectivity index is 2.14. The van der Waals surface area contributed by atoms with Crippen LogP contribution in [0.2, 0.25) is 0 Å². The molecule has 1 heterocycles. The molecular weight excluding hydrogens is 284 g/mol. The fourth-order valence-electron chi connectivity index (χ4n) is 1.55. The topological polar surface area (TPSA) is 93.8 Å². The van der Waals surface area contributed by atoms with E-state index in [0.29, 0.717) is 5.56 Å². The van der Waals surface area contributed by atoms with E-state index in [9.17, 15) is 13.2 Å². The Hall–Kier alpha value is -2.28. The van der Waals surface area contributed by atoms with E-state index in [0.717, 1.165) is 6.26 Å². The molecule has 0 aliphatic carbocycles. The maximum atomic E-state index is 11.3. The summed E-state index contributed by atoms with van der Waals surface area (Å²) in [6.45, 7) is 0.0172. The average molecular weight is 296 g/mol. The highest BCUT2D eigenvalue weighted by atomic mass is 32.2. The van der Waals surface area contributed by atoms with Gasteiger partial charge in [0.1, 0.15) is 17.9 Å². The number of ether oxygens (including phenoxy) is 1. The summed E-state index contributed by atoms with van der Waals surface area (Å²) in [5, 5.41) is 8.85. The molecule has 1 aromatic heterocycles. The molecule has 7 heteroatoms. The number of aromatic carboxylic acids is 1. The van der Waals surface area contributed by atoms with Gasteiger partial charge in [0.15, 0.2) is 0 Å². The van der Waals surface area contributed by atoms with Crippen molar-refractivity contribution >= 4 is 15.8 Å². The van der Waals surface area contributed by atoms with Gasteiger partial charge >= 0.3 is 5.97 Å². The summed E-state index contributed by atoms with van der Waals surface area (Å²) in [5.74, 6) is -0.883. The Morgan fingerprint density at radius 1 is 1.35 bits per heavy atom. The fourth-order valence-corrected chi connectivity index (χ4v) is 2.14. The summed E-state index contributed by atoms with van der Waals surface area (Å²) >= 11 is 0. The van der Waals surface area contributed by atoms with Crippen LogP contribution in [0.25, 0.3) is 0 Å². The molecule has 0 bridgehead atoms. The number of carboxylic acids is 1. The lowest BCUT2D eigenvalue weighted by molar-refractivity contribution is 0.0691. The zero-order valence-corrected chi connectivity index (χ0v) is 11.4. The summed E-state index contributed by atoms with van der Waals surface area (Å²) in [5.41, 5.74) is 0.546. The second-order valence-corrected chi connectivity index (χ2v) is 6.08. The second kappa shape index (κ2) is 5.38. The van der Waals surface area contributed by atoms with Gasteiger partial charge in [-0.3, -0.25) is 0 Å². The summed E-state index contributed by atoms with van der Waals surface area (Å²) < 4.78 is 32.8. The Labute approximate surface area is 115 Å². The monoisotopic (exact) mass is 296 g/mol. The molecule has 1 aromatic carbocycles. The van der Waals surface area contributed by atoms with Crippen LogP contribution in [0, 0.1) is 0 Å². The van der Waals surface area contributed by atoms with E-state index in [1.807, 2.05) is 0 Å². The van der Waals surface area contributed by atoms with Gasteiger partial charge in [-0.1, -0.05) is 12.1 Å². The summed E-state index contributed by atoms with van der Waals surface area (Å²) in [6.07, 6.45) is 2.30. The number of carboxylic acid groups (broad SMARTS) is 1. The quantitative estimate of drug-likeness (QED) is 0.906. The van der Waals surface area contributed by atoms with E-state index in [2.05, 4.69) is 0 Å². The molecule has 0 saturated carbocycles. The number of sulfone groups is 1. The molecule has 0 amide bonds. The first-order valence-electron chi connectivity index (χ1n) is 5.60. The molecule has 2 aromatic rings. The van der Waals surface area contributed by atoms with Crippen molar-refractivity contribution in [2.45, 2.75) is 11.7 Å². The van der Waals surface area contributed by atoms with Gasteiger partial charge in [0.25, 0.3) is 0 Å². The van der Waals surface area contributed by atoms with Crippen molar-refractivity contribution in [3.8, 4) is 5.75 Å². The van der Waals surface area contributed by atoms with E-state index in [-0.39, 0.29) is 23.0 Å². The van der Waals surface area contributed by atoms with Crippen LogP contribution in [0.1, 0.15) is 15.9 Å². The second-order valence-electron chi connectivity index (χ2n) is 4.14. The highest BCUT2D eigenvalue weighted by Crippen LogP contribution is 2.20. The molecule has 2 rings (SSSR count). The molecular formula is C13H12O6S. The standard InChI is InChI=1S/C13H12O6S/c1-20(16,17)12-6-9(8-19-12)7-18-11-5-3-2-4-10(11)13(14)15/h2-6,8H,7H2,1H3,(H,14,15). The van der Waals surface area contributed by atoms with E-state index in [1.54, 1.807) is 12.1 Å². The summed E-state index contributed by atoms with van der Waals surface area (Å²) in [6, 6.07) is 7.55. The van der Waals surface area contributed by atoms with Gasteiger partial charge in [-0.05, 0) is 12.1 Å². The first-order chi connectivity index (χ1) is 9.38. The van der Waals surface area contributed by atoms with Crippen LogP contribution in [-0.2, 0) is 16.4 Å². The lowest BCUT2D eigenvalue weighted by Gasteiger charge is -2.07.